The van der Waals surface area contributed by atoms with E-state index in [1.807, 2.05) is 20.8 Å². The fraction of sp³-hybridized carbons (Fsp3) is 0.444. The van der Waals surface area contributed by atoms with E-state index >= 15 is 0 Å². The number of hydrogen-bond donors (Lipinski definition) is 0. The van der Waals surface area contributed by atoms with Crippen molar-refractivity contribution in [3.8, 4) is 0 Å². The highest BCUT2D eigenvalue weighted by Gasteiger charge is 2.29. The number of nitrogens with zero attached hydrogens (tertiary/aromatic N) is 2. The van der Waals surface area contributed by atoms with Gasteiger partial charge in [0.25, 0.3) is 5.91 Å². The number of hydrogen-bond acceptors (Lipinski definition) is 4. The smallest absolute Gasteiger partial charge is 0.410 e. The van der Waals surface area contributed by atoms with Crippen LogP contribution in [0.4, 0.5) is 4.79 Å². The maximum absolute atomic E-state index is 12.6. The first-order valence-electron chi connectivity index (χ1n) is 8.19. The van der Waals surface area contributed by atoms with Crippen LogP contribution in [0.2, 0.25) is 5.02 Å². The summed E-state index contributed by atoms with van der Waals surface area (Å²) in [7, 11) is 0. The summed E-state index contributed by atoms with van der Waals surface area (Å²) >= 11 is 5.96. The first kappa shape index (κ1) is 17.6. The number of fused-ring (bicyclic) bond motifs is 1. The van der Waals surface area contributed by atoms with E-state index < -0.39 is 5.60 Å². The second-order valence-electron chi connectivity index (χ2n) is 7.05. The van der Waals surface area contributed by atoms with E-state index in [4.69, 9.17) is 20.8 Å². The molecule has 0 aliphatic carbocycles. The Hall–Kier alpha value is -2.21. The standard InChI is InChI=1S/C18H21ClN2O4/c1-18(2,3)25-17(23)21-8-6-20(7-9-21)16(22)15-11-12-10-13(19)4-5-14(12)24-15/h4-5,10-11H,6-9H2,1-3H3. The summed E-state index contributed by atoms with van der Waals surface area (Å²) < 4.78 is 11.0. The number of halogens is 1. The molecule has 0 radical (unpaired) electrons. The molecule has 6 nitrogen and oxygen atoms in total. The normalized spacial score (nSPS) is 15.5. The van der Waals surface area contributed by atoms with Crippen LogP contribution in [0, 0.1) is 0 Å². The Morgan fingerprint density at radius 1 is 1.08 bits per heavy atom. The molecule has 1 aliphatic heterocycles. The van der Waals surface area contributed by atoms with E-state index in [1.54, 1.807) is 34.1 Å². The number of carbonyl (C=O) groups excluding carboxylic acids is 2. The number of benzene rings is 1. The fourth-order valence-corrected chi connectivity index (χ4v) is 2.87. The molecule has 1 aromatic carbocycles. The van der Waals surface area contributed by atoms with E-state index in [9.17, 15) is 9.59 Å². The first-order valence-corrected chi connectivity index (χ1v) is 8.57. The van der Waals surface area contributed by atoms with Crippen molar-refractivity contribution in [2.45, 2.75) is 26.4 Å². The van der Waals surface area contributed by atoms with E-state index in [0.29, 0.717) is 36.8 Å². The molecular weight excluding hydrogens is 344 g/mol. The summed E-state index contributed by atoms with van der Waals surface area (Å²) in [6.07, 6.45) is -0.349. The van der Waals surface area contributed by atoms with Crippen molar-refractivity contribution in [2.24, 2.45) is 0 Å². The summed E-state index contributed by atoms with van der Waals surface area (Å²) in [5.74, 6) is 0.0964. The lowest BCUT2D eigenvalue weighted by Crippen LogP contribution is -2.51. The van der Waals surface area contributed by atoms with Gasteiger partial charge < -0.3 is 19.0 Å². The third-order valence-corrected chi connectivity index (χ3v) is 4.14. The zero-order chi connectivity index (χ0) is 18.2. The van der Waals surface area contributed by atoms with Gasteiger partial charge in [-0.25, -0.2) is 4.79 Å². The molecule has 0 spiro atoms. The largest absolute Gasteiger partial charge is 0.451 e. The number of carbonyl (C=O) groups is 2. The number of amides is 2. The van der Waals surface area contributed by atoms with Crippen LogP contribution in [0.25, 0.3) is 11.0 Å². The molecule has 7 heteroatoms. The number of ether oxygens (including phenoxy) is 1. The van der Waals surface area contributed by atoms with E-state index in [-0.39, 0.29) is 17.8 Å². The van der Waals surface area contributed by atoms with Crippen LogP contribution >= 0.6 is 11.6 Å². The minimum absolute atomic E-state index is 0.184. The monoisotopic (exact) mass is 364 g/mol. The molecule has 3 rings (SSSR count). The second-order valence-corrected chi connectivity index (χ2v) is 7.49. The molecule has 1 saturated heterocycles. The number of piperazine rings is 1. The van der Waals surface area contributed by atoms with Gasteiger partial charge in [-0.05, 0) is 45.0 Å². The van der Waals surface area contributed by atoms with E-state index in [2.05, 4.69) is 0 Å². The predicted octanol–water partition coefficient (Wildman–Crippen LogP) is 3.78. The summed E-state index contributed by atoms with van der Waals surface area (Å²) in [5, 5.41) is 1.39. The lowest BCUT2D eigenvalue weighted by molar-refractivity contribution is 0.0137. The highest BCUT2D eigenvalue weighted by Crippen LogP contribution is 2.24. The van der Waals surface area contributed by atoms with Crippen LogP contribution in [0.1, 0.15) is 31.3 Å². The highest BCUT2D eigenvalue weighted by atomic mass is 35.5. The van der Waals surface area contributed by atoms with Crippen LogP contribution in [0.15, 0.2) is 28.7 Å². The minimum atomic E-state index is -0.528. The molecule has 0 N–H and O–H groups in total. The van der Waals surface area contributed by atoms with Crippen molar-refractivity contribution in [3.05, 3.63) is 35.0 Å². The van der Waals surface area contributed by atoms with Gasteiger partial charge in [0.05, 0.1) is 0 Å². The SMILES string of the molecule is CC(C)(C)OC(=O)N1CCN(C(=O)c2cc3cc(Cl)ccc3o2)CC1. The maximum atomic E-state index is 12.6. The molecule has 1 aromatic heterocycles. The van der Waals surface area contributed by atoms with Gasteiger partial charge in [0.1, 0.15) is 11.2 Å². The molecule has 2 heterocycles. The Morgan fingerprint density at radius 2 is 1.72 bits per heavy atom. The quantitative estimate of drug-likeness (QED) is 0.772. The van der Waals surface area contributed by atoms with Crippen LogP contribution in [0.3, 0.4) is 0 Å². The molecule has 134 valence electrons. The van der Waals surface area contributed by atoms with Crippen LogP contribution in [0.5, 0.6) is 0 Å². The van der Waals surface area contributed by atoms with Gasteiger partial charge in [0.2, 0.25) is 0 Å². The van der Waals surface area contributed by atoms with Crippen molar-refractivity contribution in [1.29, 1.82) is 0 Å². The highest BCUT2D eigenvalue weighted by molar-refractivity contribution is 6.31. The van der Waals surface area contributed by atoms with Gasteiger partial charge in [0, 0.05) is 36.6 Å². The third-order valence-electron chi connectivity index (χ3n) is 3.91. The van der Waals surface area contributed by atoms with Crippen molar-refractivity contribution < 1.29 is 18.7 Å². The van der Waals surface area contributed by atoms with Crippen molar-refractivity contribution in [1.82, 2.24) is 9.80 Å². The molecule has 2 amide bonds. The Balaban J connectivity index is 1.63. The van der Waals surface area contributed by atoms with Crippen molar-refractivity contribution in [2.75, 3.05) is 26.2 Å². The van der Waals surface area contributed by atoms with Gasteiger partial charge in [-0.15, -0.1) is 0 Å². The lowest BCUT2D eigenvalue weighted by Gasteiger charge is -2.35. The van der Waals surface area contributed by atoms with Gasteiger partial charge in [-0.2, -0.15) is 0 Å². The van der Waals surface area contributed by atoms with Crippen molar-refractivity contribution >= 4 is 34.6 Å². The third kappa shape index (κ3) is 4.07. The molecule has 0 saturated carbocycles. The Morgan fingerprint density at radius 3 is 2.36 bits per heavy atom. The van der Waals surface area contributed by atoms with Gasteiger partial charge in [-0.1, -0.05) is 11.6 Å². The summed E-state index contributed by atoms with van der Waals surface area (Å²) in [6, 6.07) is 6.93. The average molecular weight is 365 g/mol. The molecule has 1 aliphatic rings. The number of rotatable bonds is 1. The predicted molar refractivity (Wildman–Crippen MR) is 94.9 cm³/mol. The number of furan rings is 1. The molecule has 2 aromatic rings. The average Bonchev–Trinajstić information content (AvgIpc) is 2.95. The van der Waals surface area contributed by atoms with Gasteiger partial charge in [-0.3, -0.25) is 4.79 Å². The Bertz CT molecular complexity index is 801. The first-order chi connectivity index (χ1) is 11.7. The summed E-state index contributed by atoms with van der Waals surface area (Å²) in [5.41, 5.74) is 0.0969. The molecule has 0 unspecified atom stereocenters. The topological polar surface area (TPSA) is 63.0 Å². The van der Waals surface area contributed by atoms with Gasteiger partial charge >= 0.3 is 6.09 Å². The minimum Gasteiger partial charge on any atom is -0.451 e. The molecule has 0 bridgehead atoms. The van der Waals surface area contributed by atoms with Crippen LogP contribution in [-0.4, -0.2) is 53.6 Å². The Kier molecular flexibility index (Phi) is 4.64. The summed E-state index contributed by atoms with van der Waals surface area (Å²) in [6.45, 7) is 7.25. The molecule has 0 atom stereocenters. The summed E-state index contributed by atoms with van der Waals surface area (Å²) in [4.78, 5) is 28.0. The fourth-order valence-electron chi connectivity index (χ4n) is 2.69. The van der Waals surface area contributed by atoms with Crippen LogP contribution in [-0.2, 0) is 4.74 Å². The van der Waals surface area contributed by atoms with Crippen molar-refractivity contribution in [3.63, 3.8) is 0 Å². The zero-order valence-corrected chi connectivity index (χ0v) is 15.3. The maximum Gasteiger partial charge on any atom is 0.410 e. The Labute approximate surface area is 151 Å². The van der Waals surface area contributed by atoms with E-state index in [1.165, 1.54) is 0 Å². The van der Waals surface area contributed by atoms with E-state index in [0.717, 1.165) is 5.39 Å². The zero-order valence-electron chi connectivity index (χ0n) is 14.5. The van der Waals surface area contributed by atoms with Gasteiger partial charge in [0.15, 0.2) is 5.76 Å². The molecule has 25 heavy (non-hydrogen) atoms. The molecule has 1 fully saturated rings. The second kappa shape index (κ2) is 6.59. The van der Waals surface area contributed by atoms with Crippen LogP contribution < -0.4 is 0 Å². The lowest BCUT2D eigenvalue weighted by atomic mass is 10.2. The molecular formula is C18H21ClN2O4.